The van der Waals surface area contributed by atoms with Crippen molar-refractivity contribution in [2.75, 3.05) is 20.2 Å². The van der Waals surface area contributed by atoms with Crippen molar-refractivity contribution < 1.29 is 13.9 Å². The van der Waals surface area contributed by atoms with Crippen molar-refractivity contribution >= 4 is 17.5 Å². The van der Waals surface area contributed by atoms with Crippen molar-refractivity contribution in [2.45, 2.75) is 6.42 Å². The van der Waals surface area contributed by atoms with Crippen LogP contribution in [0.5, 0.6) is 5.75 Å². The number of likely N-dealkylation sites (N-methyl/N-ethyl adjacent to an activating group) is 1. The first-order chi connectivity index (χ1) is 12.6. The van der Waals surface area contributed by atoms with Gasteiger partial charge in [0.25, 0.3) is 0 Å². The first kappa shape index (κ1) is 18.0. The third-order valence-corrected chi connectivity index (χ3v) is 4.09. The van der Waals surface area contributed by atoms with Crippen LogP contribution in [0.1, 0.15) is 5.69 Å². The minimum absolute atomic E-state index is 0.0439. The van der Waals surface area contributed by atoms with Crippen molar-refractivity contribution in [1.82, 2.24) is 9.88 Å². The van der Waals surface area contributed by atoms with Crippen molar-refractivity contribution in [1.29, 1.82) is 0 Å². The zero-order valence-corrected chi connectivity index (χ0v) is 15.1. The van der Waals surface area contributed by atoms with Crippen LogP contribution in [0.4, 0.5) is 0 Å². The summed E-state index contributed by atoms with van der Waals surface area (Å²) in [4.78, 5) is 18.3. The molecule has 0 unspecified atom stereocenters. The van der Waals surface area contributed by atoms with E-state index in [4.69, 9.17) is 20.8 Å². The summed E-state index contributed by atoms with van der Waals surface area (Å²) in [7, 11) is 1.74. The van der Waals surface area contributed by atoms with E-state index in [-0.39, 0.29) is 12.3 Å². The summed E-state index contributed by atoms with van der Waals surface area (Å²) in [5.74, 6) is 1.19. The van der Waals surface area contributed by atoms with Crippen LogP contribution < -0.4 is 4.74 Å². The monoisotopic (exact) mass is 370 g/mol. The first-order valence-corrected chi connectivity index (χ1v) is 8.62. The maximum absolute atomic E-state index is 12.3. The molecule has 2 aromatic carbocycles. The fraction of sp³-hybridized carbons (Fsp3) is 0.200. The van der Waals surface area contributed by atoms with Gasteiger partial charge in [-0.25, -0.2) is 4.98 Å². The van der Waals surface area contributed by atoms with Gasteiger partial charge in [0.15, 0.2) is 0 Å². The summed E-state index contributed by atoms with van der Waals surface area (Å²) in [5, 5.41) is 0.659. The summed E-state index contributed by atoms with van der Waals surface area (Å²) < 4.78 is 11.1. The molecule has 0 radical (unpaired) electrons. The molecule has 0 spiro atoms. The molecule has 1 heterocycles. The second-order valence-corrected chi connectivity index (χ2v) is 6.24. The Morgan fingerprint density at radius 2 is 1.88 bits per heavy atom. The topological polar surface area (TPSA) is 55.6 Å². The van der Waals surface area contributed by atoms with E-state index in [2.05, 4.69) is 4.98 Å². The SMILES string of the molecule is CN(CCOc1ccc(Cl)cc1)C(=O)Cc1coc(-c2ccccc2)n1. The fourth-order valence-corrected chi connectivity index (χ4v) is 2.47. The Labute approximate surface area is 157 Å². The Morgan fingerprint density at radius 1 is 1.15 bits per heavy atom. The van der Waals surface area contributed by atoms with E-state index in [0.29, 0.717) is 29.8 Å². The van der Waals surface area contributed by atoms with Gasteiger partial charge < -0.3 is 14.1 Å². The minimum Gasteiger partial charge on any atom is -0.492 e. The van der Waals surface area contributed by atoms with Crippen LogP contribution in [0.25, 0.3) is 11.5 Å². The molecule has 0 atom stereocenters. The molecule has 1 amide bonds. The number of ether oxygens (including phenoxy) is 1. The molecular formula is C20H19ClN2O3. The van der Waals surface area contributed by atoms with E-state index >= 15 is 0 Å². The van der Waals surface area contributed by atoms with Gasteiger partial charge >= 0.3 is 0 Å². The van der Waals surface area contributed by atoms with Crippen LogP contribution in [0.2, 0.25) is 5.02 Å². The van der Waals surface area contributed by atoms with Crippen molar-refractivity contribution in [3.8, 4) is 17.2 Å². The number of aromatic nitrogens is 1. The van der Waals surface area contributed by atoms with E-state index in [0.717, 1.165) is 11.3 Å². The smallest absolute Gasteiger partial charge is 0.228 e. The Morgan fingerprint density at radius 3 is 2.62 bits per heavy atom. The molecule has 5 nitrogen and oxygen atoms in total. The summed E-state index contributed by atoms with van der Waals surface area (Å²) in [6.07, 6.45) is 1.71. The molecule has 1 aromatic heterocycles. The second kappa shape index (κ2) is 8.54. The number of carbonyl (C=O) groups excluding carboxylic acids is 1. The number of amides is 1. The predicted octanol–water partition coefficient (Wildman–Crippen LogP) is 4.07. The average Bonchev–Trinajstić information content (AvgIpc) is 3.12. The molecule has 6 heteroatoms. The molecule has 134 valence electrons. The van der Waals surface area contributed by atoms with Gasteiger partial charge in [0, 0.05) is 17.6 Å². The maximum atomic E-state index is 12.3. The number of benzene rings is 2. The minimum atomic E-state index is -0.0439. The molecule has 3 rings (SSSR count). The molecule has 0 aliphatic rings. The second-order valence-electron chi connectivity index (χ2n) is 5.80. The molecule has 0 fully saturated rings. The highest BCUT2D eigenvalue weighted by Gasteiger charge is 2.14. The Bertz CT molecular complexity index is 847. The lowest BCUT2D eigenvalue weighted by atomic mass is 10.2. The molecular weight excluding hydrogens is 352 g/mol. The van der Waals surface area contributed by atoms with Crippen molar-refractivity contribution in [3.63, 3.8) is 0 Å². The number of hydrogen-bond donors (Lipinski definition) is 0. The molecule has 0 saturated heterocycles. The van der Waals surface area contributed by atoms with E-state index in [1.165, 1.54) is 6.26 Å². The Balaban J connectivity index is 1.48. The Hall–Kier alpha value is -2.79. The fourth-order valence-electron chi connectivity index (χ4n) is 2.35. The van der Waals surface area contributed by atoms with E-state index in [9.17, 15) is 4.79 Å². The van der Waals surface area contributed by atoms with Gasteiger partial charge in [-0.15, -0.1) is 0 Å². The Kier molecular flexibility index (Phi) is 5.92. The van der Waals surface area contributed by atoms with Crippen LogP contribution in [-0.4, -0.2) is 36.0 Å². The van der Waals surface area contributed by atoms with E-state index < -0.39 is 0 Å². The summed E-state index contributed by atoms with van der Waals surface area (Å²) in [5.41, 5.74) is 1.50. The van der Waals surface area contributed by atoms with Crippen LogP contribution >= 0.6 is 11.6 Å². The van der Waals surface area contributed by atoms with Gasteiger partial charge in [0.1, 0.15) is 18.6 Å². The number of rotatable bonds is 7. The largest absolute Gasteiger partial charge is 0.492 e. The standard InChI is InChI=1S/C20H19ClN2O3/c1-23(11-12-25-18-9-7-16(21)8-10-18)19(24)13-17-14-26-20(22-17)15-5-3-2-4-6-15/h2-10,14H,11-13H2,1H3. The number of nitrogens with zero attached hydrogens (tertiary/aromatic N) is 2. The third kappa shape index (κ3) is 4.86. The van der Waals surface area contributed by atoms with E-state index in [1.807, 2.05) is 30.3 Å². The quantitative estimate of drug-likeness (QED) is 0.629. The highest BCUT2D eigenvalue weighted by molar-refractivity contribution is 6.30. The van der Waals surface area contributed by atoms with Gasteiger partial charge in [0.05, 0.1) is 18.7 Å². The third-order valence-electron chi connectivity index (χ3n) is 3.84. The van der Waals surface area contributed by atoms with E-state index in [1.54, 1.807) is 36.2 Å². The lowest BCUT2D eigenvalue weighted by Crippen LogP contribution is -2.32. The number of carbonyl (C=O) groups is 1. The van der Waals surface area contributed by atoms with Gasteiger partial charge in [-0.05, 0) is 36.4 Å². The summed E-state index contributed by atoms with van der Waals surface area (Å²) >= 11 is 5.83. The van der Waals surface area contributed by atoms with Crippen molar-refractivity contribution in [2.24, 2.45) is 0 Å². The van der Waals surface area contributed by atoms with Crippen molar-refractivity contribution in [3.05, 3.63) is 71.6 Å². The number of hydrogen-bond acceptors (Lipinski definition) is 4. The van der Waals surface area contributed by atoms with Gasteiger partial charge in [-0.2, -0.15) is 0 Å². The predicted molar refractivity (Wildman–Crippen MR) is 100 cm³/mol. The maximum Gasteiger partial charge on any atom is 0.228 e. The summed E-state index contributed by atoms with van der Waals surface area (Å²) in [6, 6.07) is 16.7. The van der Waals surface area contributed by atoms with Gasteiger partial charge in [-0.3, -0.25) is 4.79 Å². The van der Waals surface area contributed by atoms with Crippen LogP contribution in [0.3, 0.4) is 0 Å². The zero-order chi connectivity index (χ0) is 18.4. The first-order valence-electron chi connectivity index (χ1n) is 8.24. The highest BCUT2D eigenvalue weighted by Crippen LogP contribution is 2.18. The number of halogens is 1. The van der Waals surface area contributed by atoms with Gasteiger partial charge in [-0.1, -0.05) is 29.8 Å². The summed E-state index contributed by atoms with van der Waals surface area (Å²) in [6.45, 7) is 0.878. The lowest BCUT2D eigenvalue weighted by Gasteiger charge is -2.17. The molecule has 3 aromatic rings. The normalized spacial score (nSPS) is 10.5. The van der Waals surface area contributed by atoms with Crippen LogP contribution in [0, 0.1) is 0 Å². The highest BCUT2D eigenvalue weighted by atomic mass is 35.5. The molecule has 0 bridgehead atoms. The molecule has 26 heavy (non-hydrogen) atoms. The molecule has 0 saturated carbocycles. The van der Waals surface area contributed by atoms with Gasteiger partial charge in [0.2, 0.25) is 11.8 Å². The lowest BCUT2D eigenvalue weighted by molar-refractivity contribution is -0.129. The average molecular weight is 371 g/mol. The van der Waals surface area contributed by atoms with Crippen LogP contribution in [0.15, 0.2) is 65.3 Å². The zero-order valence-electron chi connectivity index (χ0n) is 14.4. The molecule has 0 N–H and O–H groups in total. The molecule has 0 aliphatic carbocycles. The molecule has 0 aliphatic heterocycles. The number of oxazole rings is 1. The van der Waals surface area contributed by atoms with Crippen LogP contribution in [-0.2, 0) is 11.2 Å².